The molecule has 0 spiro atoms. The van der Waals surface area contributed by atoms with Gasteiger partial charge in [0.25, 0.3) is 0 Å². The van der Waals surface area contributed by atoms with Crippen LogP contribution < -0.4 is 21.3 Å². The smallest absolute Gasteiger partial charge is 0.323 e. The molecule has 8 heteroatoms. The van der Waals surface area contributed by atoms with Crippen LogP contribution in [0.4, 0.5) is 21.9 Å². The summed E-state index contributed by atoms with van der Waals surface area (Å²) in [4.78, 5) is 24.0. The molecule has 4 N–H and O–H groups in total. The molecule has 0 aromatic heterocycles. The minimum atomic E-state index is -0.348. The number of halogens is 2. The molecule has 28 heavy (non-hydrogen) atoms. The summed E-state index contributed by atoms with van der Waals surface area (Å²) in [6.07, 6.45) is 2.57. The fourth-order valence-corrected chi connectivity index (χ4v) is 3.11. The predicted octanol–water partition coefficient (Wildman–Crippen LogP) is 4.73. The lowest BCUT2D eigenvalue weighted by Crippen LogP contribution is -2.19. The van der Waals surface area contributed by atoms with Crippen molar-refractivity contribution in [2.75, 3.05) is 29.0 Å². The zero-order chi connectivity index (χ0) is 19.1. The van der Waals surface area contributed by atoms with Crippen LogP contribution in [-0.4, -0.2) is 25.0 Å². The third-order valence-electron chi connectivity index (χ3n) is 4.47. The molecule has 3 rings (SSSR count). The Morgan fingerprint density at radius 1 is 0.929 bits per heavy atom. The number of rotatable bonds is 6. The highest BCUT2D eigenvalue weighted by Crippen LogP contribution is 2.18. The number of anilines is 3. The average molecular weight is 423 g/mol. The van der Waals surface area contributed by atoms with Gasteiger partial charge in [0.15, 0.2) is 0 Å². The van der Waals surface area contributed by atoms with E-state index >= 15 is 0 Å². The average Bonchev–Trinajstić information content (AvgIpc) is 3.17. The summed E-state index contributed by atoms with van der Waals surface area (Å²) in [5, 5.41) is 12.3. The van der Waals surface area contributed by atoms with Crippen molar-refractivity contribution in [3.8, 4) is 0 Å². The molecular formula is C20H24Cl2N4O2. The lowest BCUT2D eigenvalue weighted by atomic mass is 10.0. The predicted molar refractivity (Wildman–Crippen MR) is 117 cm³/mol. The van der Waals surface area contributed by atoms with Gasteiger partial charge < -0.3 is 21.3 Å². The first-order chi connectivity index (χ1) is 13.1. The molecule has 6 nitrogen and oxygen atoms in total. The quantitative estimate of drug-likeness (QED) is 0.542. The van der Waals surface area contributed by atoms with Crippen LogP contribution in [0.25, 0.3) is 0 Å². The van der Waals surface area contributed by atoms with E-state index in [2.05, 4.69) is 21.3 Å². The van der Waals surface area contributed by atoms with Crippen molar-refractivity contribution in [1.82, 2.24) is 5.32 Å². The molecule has 150 valence electrons. The van der Waals surface area contributed by atoms with Gasteiger partial charge in [-0.05, 0) is 80.4 Å². The number of urea groups is 1. The maximum Gasteiger partial charge on any atom is 0.323 e. The Bertz CT molecular complexity index is 776. The number of benzene rings is 2. The van der Waals surface area contributed by atoms with Gasteiger partial charge in [0, 0.05) is 28.5 Å². The maximum atomic E-state index is 12.0. The molecule has 1 atom stereocenters. The summed E-state index contributed by atoms with van der Waals surface area (Å²) in [5.74, 6) is 0.615. The van der Waals surface area contributed by atoms with Crippen molar-refractivity contribution in [2.24, 2.45) is 5.92 Å². The Balaban J connectivity index is 0.00000280. The topological polar surface area (TPSA) is 82.3 Å². The third-order valence-corrected chi connectivity index (χ3v) is 4.72. The zero-order valence-electron chi connectivity index (χ0n) is 15.3. The summed E-state index contributed by atoms with van der Waals surface area (Å²) in [6.45, 7) is 2.05. The van der Waals surface area contributed by atoms with Gasteiger partial charge in [-0.15, -0.1) is 12.4 Å². The van der Waals surface area contributed by atoms with E-state index in [0.717, 1.165) is 25.9 Å². The standard InChI is InChI=1S/C20H23ClN4O2.ClH/c21-15-2-4-17(5-3-15)24-20(27)25-18-8-6-16(7-9-18)23-19(26)10-1-14-11-12-22-13-14;/h2-9,14,22H,1,10-13H2,(H,23,26)(H2,24,25,27);1H. The van der Waals surface area contributed by atoms with E-state index in [4.69, 9.17) is 11.6 Å². The summed E-state index contributed by atoms with van der Waals surface area (Å²) in [7, 11) is 0. The van der Waals surface area contributed by atoms with Crippen LogP contribution in [0, 0.1) is 5.92 Å². The Labute approximate surface area is 175 Å². The number of amides is 3. The first-order valence-corrected chi connectivity index (χ1v) is 9.40. The summed E-state index contributed by atoms with van der Waals surface area (Å²) < 4.78 is 0. The second kappa shape index (κ2) is 10.9. The van der Waals surface area contributed by atoms with Crippen molar-refractivity contribution < 1.29 is 9.59 Å². The number of hydrogen-bond donors (Lipinski definition) is 4. The van der Waals surface area contributed by atoms with Crippen LogP contribution in [0.3, 0.4) is 0 Å². The second-order valence-electron chi connectivity index (χ2n) is 6.61. The Morgan fingerprint density at radius 3 is 2.00 bits per heavy atom. The van der Waals surface area contributed by atoms with Crippen LogP contribution in [0.5, 0.6) is 0 Å². The van der Waals surface area contributed by atoms with Crippen LogP contribution in [-0.2, 0) is 4.79 Å². The Hall–Kier alpha value is -2.28. The molecule has 1 saturated heterocycles. The van der Waals surface area contributed by atoms with Crippen LogP contribution in [0.2, 0.25) is 5.02 Å². The Morgan fingerprint density at radius 2 is 1.46 bits per heavy atom. The highest BCUT2D eigenvalue weighted by Gasteiger charge is 2.15. The first kappa shape index (κ1) is 22.0. The van der Waals surface area contributed by atoms with Crippen molar-refractivity contribution in [3.05, 3.63) is 53.6 Å². The molecule has 2 aromatic rings. The van der Waals surface area contributed by atoms with Crippen LogP contribution in [0.1, 0.15) is 19.3 Å². The minimum Gasteiger partial charge on any atom is -0.326 e. The van der Waals surface area contributed by atoms with Gasteiger partial charge in [-0.25, -0.2) is 4.79 Å². The van der Waals surface area contributed by atoms with Gasteiger partial charge in [-0.3, -0.25) is 4.79 Å². The number of hydrogen-bond acceptors (Lipinski definition) is 3. The monoisotopic (exact) mass is 422 g/mol. The molecular weight excluding hydrogens is 399 g/mol. The van der Waals surface area contributed by atoms with E-state index in [1.54, 1.807) is 48.5 Å². The maximum absolute atomic E-state index is 12.0. The molecule has 0 aliphatic carbocycles. The van der Waals surface area contributed by atoms with E-state index in [9.17, 15) is 9.59 Å². The zero-order valence-corrected chi connectivity index (χ0v) is 16.9. The fourth-order valence-electron chi connectivity index (χ4n) is 2.98. The largest absolute Gasteiger partial charge is 0.326 e. The van der Waals surface area contributed by atoms with E-state index in [-0.39, 0.29) is 24.3 Å². The summed E-state index contributed by atoms with van der Waals surface area (Å²) in [6, 6.07) is 13.6. The molecule has 3 amide bonds. The molecule has 2 aromatic carbocycles. The minimum absolute atomic E-state index is 0. The second-order valence-corrected chi connectivity index (χ2v) is 7.05. The fraction of sp³-hybridized carbons (Fsp3) is 0.300. The molecule has 1 fully saturated rings. The van der Waals surface area contributed by atoms with Gasteiger partial charge in [0.1, 0.15) is 0 Å². The van der Waals surface area contributed by atoms with Gasteiger partial charge >= 0.3 is 6.03 Å². The van der Waals surface area contributed by atoms with Crippen molar-refractivity contribution >= 4 is 53.0 Å². The van der Waals surface area contributed by atoms with Gasteiger partial charge in [-0.1, -0.05) is 11.6 Å². The number of carbonyl (C=O) groups excluding carboxylic acids is 2. The van der Waals surface area contributed by atoms with E-state index in [1.807, 2.05) is 0 Å². The van der Waals surface area contributed by atoms with E-state index < -0.39 is 0 Å². The number of carbonyl (C=O) groups is 2. The molecule has 0 radical (unpaired) electrons. The van der Waals surface area contributed by atoms with Gasteiger partial charge in [0.05, 0.1) is 0 Å². The lowest BCUT2D eigenvalue weighted by molar-refractivity contribution is -0.116. The lowest BCUT2D eigenvalue weighted by Gasteiger charge is -2.10. The Kier molecular flexibility index (Phi) is 8.57. The first-order valence-electron chi connectivity index (χ1n) is 9.03. The van der Waals surface area contributed by atoms with Crippen molar-refractivity contribution in [3.63, 3.8) is 0 Å². The molecule has 0 bridgehead atoms. The highest BCUT2D eigenvalue weighted by molar-refractivity contribution is 6.30. The summed E-state index contributed by atoms with van der Waals surface area (Å²) in [5.41, 5.74) is 2.00. The third kappa shape index (κ3) is 7.03. The molecule has 1 heterocycles. The van der Waals surface area contributed by atoms with Gasteiger partial charge in [-0.2, -0.15) is 0 Å². The van der Waals surface area contributed by atoms with Crippen molar-refractivity contribution in [1.29, 1.82) is 0 Å². The number of nitrogens with one attached hydrogen (secondary N) is 4. The SMILES string of the molecule is Cl.O=C(CCC1CCNC1)Nc1ccc(NC(=O)Nc2ccc(Cl)cc2)cc1. The van der Waals surface area contributed by atoms with Crippen LogP contribution >= 0.6 is 24.0 Å². The molecule has 1 aliphatic rings. The normalized spacial score (nSPS) is 15.4. The van der Waals surface area contributed by atoms with Gasteiger partial charge in [0.2, 0.25) is 5.91 Å². The van der Waals surface area contributed by atoms with Crippen LogP contribution in [0.15, 0.2) is 48.5 Å². The summed E-state index contributed by atoms with van der Waals surface area (Å²) >= 11 is 5.82. The molecule has 1 aliphatic heterocycles. The molecule has 0 saturated carbocycles. The van der Waals surface area contributed by atoms with E-state index in [0.29, 0.717) is 34.4 Å². The van der Waals surface area contributed by atoms with E-state index in [1.165, 1.54) is 0 Å². The molecule has 1 unspecified atom stereocenters. The van der Waals surface area contributed by atoms with Crippen molar-refractivity contribution in [2.45, 2.75) is 19.3 Å². The highest BCUT2D eigenvalue weighted by atomic mass is 35.5.